The number of allylic oxidation sites excluding steroid dienone is 2. The second kappa shape index (κ2) is 4.97. The largest absolute Gasteiger partial charge is 0.379 e. The summed E-state index contributed by atoms with van der Waals surface area (Å²) in [5.41, 5.74) is 0.786. The lowest BCUT2D eigenvalue weighted by Crippen LogP contribution is -2.18. The van der Waals surface area contributed by atoms with E-state index in [0.29, 0.717) is 29.0 Å². The van der Waals surface area contributed by atoms with Crippen LogP contribution in [0.1, 0.15) is 18.4 Å². The third kappa shape index (κ3) is 2.25. The van der Waals surface area contributed by atoms with Crippen molar-refractivity contribution in [2.45, 2.75) is 12.8 Å². The molecule has 0 heterocycles. The van der Waals surface area contributed by atoms with Gasteiger partial charge in [0, 0.05) is 12.6 Å². The van der Waals surface area contributed by atoms with E-state index in [1.807, 2.05) is 6.07 Å². The molecule has 3 rings (SSSR count). The van der Waals surface area contributed by atoms with Gasteiger partial charge in [0.15, 0.2) is 0 Å². The molecule has 20 heavy (non-hydrogen) atoms. The van der Waals surface area contributed by atoms with Crippen molar-refractivity contribution in [1.29, 1.82) is 5.26 Å². The molecule has 5 nitrogen and oxygen atoms in total. The second-order valence-corrected chi connectivity index (χ2v) is 5.52. The number of nitriles is 1. The summed E-state index contributed by atoms with van der Waals surface area (Å²) in [7, 11) is 0. The van der Waals surface area contributed by atoms with E-state index in [9.17, 15) is 10.1 Å². The molecule has 2 aliphatic rings. The van der Waals surface area contributed by atoms with E-state index in [1.54, 1.807) is 12.1 Å². The number of hydrogen-bond acceptors (Lipinski definition) is 4. The van der Waals surface area contributed by atoms with Gasteiger partial charge in [0.2, 0.25) is 0 Å². The minimum absolute atomic E-state index is 0.0252. The fourth-order valence-electron chi connectivity index (χ4n) is 3.27. The quantitative estimate of drug-likeness (QED) is 0.517. The first-order chi connectivity index (χ1) is 9.67. The maximum absolute atomic E-state index is 11.1. The molecule has 3 unspecified atom stereocenters. The van der Waals surface area contributed by atoms with Gasteiger partial charge in [0.05, 0.1) is 16.6 Å². The molecule has 0 aromatic heterocycles. The zero-order chi connectivity index (χ0) is 14.1. The minimum Gasteiger partial charge on any atom is -0.379 e. The van der Waals surface area contributed by atoms with Crippen LogP contribution in [0.15, 0.2) is 30.4 Å². The lowest BCUT2D eigenvalue weighted by atomic mass is 9.93. The van der Waals surface area contributed by atoms with Crippen molar-refractivity contribution in [2.75, 3.05) is 11.9 Å². The molecule has 0 spiro atoms. The number of anilines is 1. The second-order valence-electron chi connectivity index (χ2n) is 5.52. The van der Waals surface area contributed by atoms with Gasteiger partial charge in [0.25, 0.3) is 5.69 Å². The molecule has 2 aliphatic carbocycles. The van der Waals surface area contributed by atoms with E-state index in [2.05, 4.69) is 17.5 Å². The van der Waals surface area contributed by atoms with E-state index in [1.165, 1.54) is 12.5 Å². The maximum Gasteiger partial charge on any atom is 0.293 e. The number of nitrogens with one attached hydrogen (secondary N) is 1. The van der Waals surface area contributed by atoms with Crippen LogP contribution < -0.4 is 5.32 Å². The third-order valence-electron chi connectivity index (χ3n) is 4.29. The summed E-state index contributed by atoms with van der Waals surface area (Å²) in [5.74, 6) is 1.87. The van der Waals surface area contributed by atoms with Crippen molar-refractivity contribution in [2.24, 2.45) is 17.8 Å². The summed E-state index contributed by atoms with van der Waals surface area (Å²) in [6.45, 7) is 0.748. The number of hydrogen-bond donors (Lipinski definition) is 1. The first-order valence-electron chi connectivity index (χ1n) is 6.78. The van der Waals surface area contributed by atoms with Crippen LogP contribution in [-0.4, -0.2) is 11.5 Å². The Labute approximate surface area is 117 Å². The number of benzene rings is 1. The molecule has 5 heteroatoms. The summed E-state index contributed by atoms with van der Waals surface area (Å²) in [6.07, 6.45) is 6.94. The molecule has 0 aliphatic heterocycles. The van der Waals surface area contributed by atoms with Gasteiger partial charge in [-0.25, -0.2) is 0 Å². The smallest absolute Gasteiger partial charge is 0.293 e. The Balaban J connectivity index is 1.73. The average Bonchev–Trinajstić information content (AvgIpc) is 3.07. The standard InChI is InChI=1S/C15H15N3O2/c16-8-11-2-4-14(15(7-11)18(19)20)17-9-13-6-10-1-3-12(13)5-10/h1-4,7,10,12-13,17H,5-6,9H2. The number of nitro groups is 1. The highest BCUT2D eigenvalue weighted by molar-refractivity contribution is 5.64. The summed E-state index contributed by atoms with van der Waals surface area (Å²) in [5, 5.41) is 23.1. The summed E-state index contributed by atoms with van der Waals surface area (Å²) < 4.78 is 0. The number of rotatable bonds is 4. The van der Waals surface area contributed by atoms with Crippen LogP contribution in [0.3, 0.4) is 0 Å². The molecule has 2 bridgehead atoms. The predicted molar refractivity (Wildman–Crippen MR) is 75.1 cm³/mol. The van der Waals surface area contributed by atoms with E-state index in [-0.39, 0.29) is 5.69 Å². The SMILES string of the molecule is N#Cc1ccc(NCC2CC3C=CC2C3)c([N+](=O)[O-])c1. The Bertz CT molecular complexity index is 618. The van der Waals surface area contributed by atoms with Crippen LogP contribution in [-0.2, 0) is 0 Å². The summed E-state index contributed by atoms with van der Waals surface area (Å²) in [6, 6.07) is 6.48. The molecule has 1 N–H and O–H groups in total. The highest BCUT2D eigenvalue weighted by Crippen LogP contribution is 2.43. The van der Waals surface area contributed by atoms with Crippen LogP contribution in [0.25, 0.3) is 0 Å². The van der Waals surface area contributed by atoms with E-state index < -0.39 is 4.92 Å². The van der Waals surface area contributed by atoms with E-state index >= 15 is 0 Å². The molecular formula is C15H15N3O2. The number of nitrogens with zero attached hydrogens (tertiary/aromatic N) is 2. The molecule has 1 aromatic carbocycles. The molecule has 1 saturated carbocycles. The van der Waals surface area contributed by atoms with Gasteiger partial charge in [-0.1, -0.05) is 12.2 Å². The lowest BCUT2D eigenvalue weighted by Gasteiger charge is -2.19. The average molecular weight is 269 g/mol. The molecule has 0 saturated heterocycles. The third-order valence-corrected chi connectivity index (χ3v) is 4.29. The number of fused-ring (bicyclic) bond motifs is 2. The van der Waals surface area contributed by atoms with Crippen LogP contribution >= 0.6 is 0 Å². The highest BCUT2D eigenvalue weighted by atomic mass is 16.6. The zero-order valence-electron chi connectivity index (χ0n) is 11.0. The van der Waals surface area contributed by atoms with Crippen LogP contribution in [0.4, 0.5) is 11.4 Å². The van der Waals surface area contributed by atoms with Gasteiger partial charge in [0.1, 0.15) is 5.69 Å². The fourth-order valence-corrected chi connectivity index (χ4v) is 3.27. The van der Waals surface area contributed by atoms with Gasteiger partial charge >= 0.3 is 0 Å². The topological polar surface area (TPSA) is 79.0 Å². The zero-order valence-corrected chi connectivity index (χ0v) is 11.0. The Morgan fingerprint density at radius 2 is 2.25 bits per heavy atom. The van der Waals surface area contributed by atoms with Crippen molar-refractivity contribution in [3.8, 4) is 6.07 Å². The first-order valence-corrected chi connectivity index (χ1v) is 6.78. The van der Waals surface area contributed by atoms with Crippen molar-refractivity contribution < 1.29 is 4.92 Å². The molecule has 0 amide bonds. The van der Waals surface area contributed by atoms with Crippen molar-refractivity contribution in [3.05, 3.63) is 46.0 Å². The van der Waals surface area contributed by atoms with Crippen LogP contribution in [0.5, 0.6) is 0 Å². The van der Waals surface area contributed by atoms with Crippen molar-refractivity contribution >= 4 is 11.4 Å². The summed E-state index contributed by atoms with van der Waals surface area (Å²) >= 11 is 0. The van der Waals surface area contributed by atoms with Crippen molar-refractivity contribution in [1.82, 2.24) is 0 Å². The lowest BCUT2D eigenvalue weighted by molar-refractivity contribution is -0.384. The van der Waals surface area contributed by atoms with Gasteiger partial charge < -0.3 is 5.32 Å². The van der Waals surface area contributed by atoms with Gasteiger partial charge in [-0.15, -0.1) is 0 Å². The molecule has 1 fully saturated rings. The Morgan fingerprint density at radius 1 is 1.40 bits per heavy atom. The fraction of sp³-hybridized carbons (Fsp3) is 0.400. The molecule has 1 aromatic rings. The molecular weight excluding hydrogens is 254 g/mol. The monoisotopic (exact) mass is 269 g/mol. The van der Waals surface area contributed by atoms with Crippen molar-refractivity contribution in [3.63, 3.8) is 0 Å². The van der Waals surface area contributed by atoms with E-state index in [4.69, 9.17) is 5.26 Å². The van der Waals surface area contributed by atoms with Gasteiger partial charge in [-0.2, -0.15) is 5.26 Å². The predicted octanol–water partition coefficient (Wildman–Crippen LogP) is 3.09. The Kier molecular flexibility index (Phi) is 3.15. The Hall–Kier alpha value is -2.35. The summed E-state index contributed by atoms with van der Waals surface area (Å²) in [4.78, 5) is 10.6. The molecule has 0 radical (unpaired) electrons. The van der Waals surface area contributed by atoms with Crippen LogP contribution in [0.2, 0.25) is 0 Å². The minimum atomic E-state index is -0.441. The normalized spacial score (nSPS) is 26.4. The highest BCUT2D eigenvalue weighted by Gasteiger charge is 2.35. The van der Waals surface area contributed by atoms with Gasteiger partial charge in [-0.05, 0) is 42.7 Å². The van der Waals surface area contributed by atoms with Crippen LogP contribution in [0, 0.1) is 39.2 Å². The molecule has 3 atom stereocenters. The van der Waals surface area contributed by atoms with E-state index in [0.717, 1.165) is 13.0 Å². The first kappa shape index (κ1) is 12.7. The Morgan fingerprint density at radius 3 is 2.85 bits per heavy atom. The van der Waals surface area contributed by atoms with Gasteiger partial charge in [-0.3, -0.25) is 10.1 Å². The number of nitro benzene ring substituents is 1. The molecule has 102 valence electrons. The maximum atomic E-state index is 11.1.